The maximum Gasteiger partial charge on any atom is 0.338 e. The van der Waals surface area contributed by atoms with Gasteiger partial charge in [-0.05, 0) is 48.9 Å². The van der Waals surface area contributed by atoms with Crippen molar-refractivity contribution in [2.75, 3.05) is 36.0 Å². The zero-order valence-corrected chi connectivity index (χ0v) is 21.7. The summed E-state index contributed by atoms with van der Waals surface area (Å²) in [5.74, 6) is -2.29. The number of anilines is 1. The molecule has 9 nitrogen and oxygen atoms in total. The number of esters is 1. The molecule has 0 unspecified atom stereocenters. The Morgan fingerprint density at radius 1 is 1.22 bits per heavy atom. The van der Waals surface area contributed by atoms with E-state index < -0.39 is 55.1 Å². The Balaban J connectivity index is 1.78. The van der Waals surface area contributed by atoms with Gasteiger partial charge in [0.25, 0.3) is 15.9 Å². The summed E-state index contributed by atoms with van der Waals surface area (Å²) in [5.41, 5.74) is -0.0163. The highest BCUT2D eigenvalue weighted by Crippen LogP contribution is 2.30. The van der Waals surface area contributed by atoms with Crippen LogP contribution in [-0.4, -0.2) is 71.4 Å². The molecule has 1 saturated heterocycles. The predicted octanol–water partition coefficient (Wildman–Crippen LogP) is 2.66. The molecule has 3 rings (SSSR count). The lowest BCUT2D eigenvalue weighted by molar-refractivity contribution is -0.134. The summed E-state index contributed by atoms with van der Waals surface area (Å²) >= 11 is 6.15. The van der Waals surface area contributed by atoms with Gasteiger partial charge in [-0.2, -0.15) is 0 Å². The molecule has 1 atom stereocenters. The quantitative estimate of drug-likeness (QED) is 0.343. The fourth-order valence-corrected chi connectivity index (χ4v) is 7.32. The molecule has 1 aliphatic rings. The van der Waals surface area contributed by atoms with E-state index in [9.17, 15) is 30.8 Å². The highest BCUT2D eigenvalue weighted by Gasteiger charge is 2.33. The number of hydrogen-bond donors (Lipinski definition) is 0. The first kappa shape index (κ1) is 27.6. The number of likely N-dealkylation sites (N-methyl/N-ethyl adjacent to an activating group) is 1. The van der Waals surface area contributed by atoms with Crippen molar-refractivity contribution in [1.29, 1.82) is 0 Å². The van der Waals surface area contributed by atoms with Crippen molar-refractivity contribution in [3.8, 4) is 0 Å². The van der Waals surface area contributed by atoms with E-state index in [4.69, 9.17) is 16.3 Å². The van der Waals surface area contributed by atoms with Crippen LogP contribution in [-0.2, 0) is 29.4 Å². The van der Waals surface area contributed by atoms with Crippen molar-refractivity contribution in [3.63, 3.8) is 0 Å². The number of hydrogen-bond acceptors (Lipinski definition) is 7. The Labute approximate surface area is 214 Å². The van der Waals surface area contributed by atoms with Crippen molar-refractivity contribution in [3.05, 3.63) is 71.5 Å². The zero-order chi connectivity index (χ0) is 26.7. The van der Waals surface area contributed by atoms with Crippen LogP contribution in [0, 0.1) is 5.82 Å². The normalized spacial score (nSPS) is 16.8. The first-order valence-electron chi connectivity index (χ1n) is 10.7. The Kier molecular flexibility index (Phi) is 8.42. The third kappa shape index (κ3) is 6.23. The molecule has 194 valence electrons. The van der Waals surface area contributed by atoms with Crippen LogP contribution in [0.4, 0.5) is 10.1 Å². The van der Waals surface area contributed by atoms with E-state index in [-0.39, 0.29) is 34.3 Å². The van der Waals surface area contributed by atoms with Crippen LogP contribution in [0.1, 0.15) is 16.8 Å². The molecule has 2 aromatic rings. The molecule has 0 radical (unpaired) electrons. The molecule has 0 spiro atoms. The molecular formula is C23H24ClFN2O7S2. The van der Waals surface area contributed by atoms with Gasteiger partial charge >= 0.3 is 5.97 Å². The summed E-state index contributed by atoms with van der Waals surface area (Å²) in [7, 11) is -6.09. The van der Waals surface area contributed by atoms with Gasteiger partial charge in [0.1, 0.15) is 10.7 Å². The van der Waals surface area contributed by atoms with E-state index >= 15 is 0 Å². The van der Waals surface area contributed by atoms with Gasteiger partial charge in [0.2, 0.25) is 0 Å². The van der Waals surface area contributed by atoms with Crippen molar-refractivity contribution in [1.82, 2.24) is 4.90 Å². The Morgan fingerprint density at radius 2 is 1.89 bits per heavy atom. The largest absolute Gasteiger partial charge is 0.452 e. The summed E-state index contributed by atoms with van der Waals surface area (Å²) in [6.07, 6.45) is 1.64. The summed E-state index contributed by atoms with van der Waals surface area (Å²) < 4.78 is 69.4. The lowest BCUT2D eigenvalue weighted by Gasteiger charge is -2.24. The maximum absolute atomic E-state index is 13.4. The average Bonchev–Trinajstić information content (AvgIpc) is 3.20. The van der Waals surface area contributed by atoms with E-state index in [0.29, 0.717) is 6.42 Å². The topological polar surface area (TPSA) is 118 Å². The molecular weight excluding hydrogens is 535 g/mol. The standard InChI is InChI=1S/C23H24ClFN2O7S2/c1-3-11-27(18-7-5-17(25)6-8-18)36(32,33)21-13-16(4-9-20(21)24)23(29)34-14-22(28)26(2)19-10-12-35(30,31)15-19/h3-9,13,19H,1,10-12,14-15H2,2H3/t19-/m0/s1. The van der Waals surface area contributed by atoms with Gasteiger partial charge in [-0.3, -0.25) is 9.10 Å². The molecule has 2 aromatic carbocycles. The molecule has 0 saturated carbocycles. The second-order valence-corrected chi connectivity index (χ2v) is 12.6. The predicted molar refractivity (Wildman–Crippen MR) is 133 cm³/mol. The van der Waals surface area contributed by atoms with Gasteiger partial charge in [0.15, 0.2) is 16.4 Å². The summed E-state index contributed by atoms with van der Waals surface area (Å²) in [6, 6.07) is 7.74. The van der Waals surface area contributed by atoms with Gasteiger partial charge in [0.05, 0.1) is 34.3 Å². The molecule has 1 heterocycles. The van der Waals surface area contributed by atoms with Crippen LogP contribution in [0.5, 0.6) is 0 Å². The summed E-state index contributed by atoms with van der Waals surface area (Å²) in [6.45, 7) is 2.74. The van der Waals surface area contributed by atoms with Gasteiger partial charge in [-0.25, -0.2) is 26.0 Å². The summed E-state index contributed by atoms with van der Waals surface area (Å²) in [4.78, 5) is 25.8. The van der Waals surface area contributed by atoms with Crippen molar-refractivity contribution in [2.24, 2.45) is 0 Å². The van der Waals surface area contributed by atoms with Gasteiger partial charge in [-0.15, -0.1) is 6.58 Å². The van der Waals surface area contributed by atoms with Crippen LogP contribution in [0.15, 0.2) is 60.0 Å². The third-order valence-electron chi connectivity index (χ3n) is 5.62. The minimum Gasteiger partial charge on any atom is -0.452 e. The number of benzene rings is 2. The van der Waals surface area contributed by atoms with E-state index in [2.05, 4.69) is 6.58 Å². The fraction of sp³-hybridized carbons (Fsp3) is 0.304. The van der Waals surface area contributed by atoms with E-state index in [1.54, 1.807) is 0 Å². The van der Waals surface area contributed by atoms with Crippen molar-refractivity contribution in [2.45, 2.75) is 17.4 Å². The molecule has 0 aromatic heterocycles. The Morgan fingerprint density at radius 3 is 2.47 bits per heavy atom. The number of nitrogens with zero attached hydrogens (tertiary/aromatic N) is 2. The SMILES string of the molecule is C=CCN(c1ccc(F)cc1)S(=O)(=O)c1cc(C(=O)OCC(=O)N(C)[C@H]2CCS(=O)(=O)C2)ccc1Cl. The van der Waals surface area contributed by atoms with E-state index in [1.807, 2.05) is 0 Å². The number of amides is 1. The van der Waals surface area contributed by atoms with Gasteiger partial charge in [0, 0.05) is 13.1 Å². The molecule has 0 aliphatic carbocycles. The van der Waals surface area contributed by atoms with Crippen molar-refractivity contribution < 1.29 is 35.6 Å². The summed E-state index contributed by atoms with van der Waals surface area (Å²) in [5, 5.41) is -0.166. The maximum atomic E-state index is 13.4. The monoisotopic (exact) mass is 558 g/mol. The number of ether oxygens (including phenoxy) is 1. The first-order valence-corrected chi connectivity index (χ1v) is 14.3. The highest BCUT2D eigenvalue weighted by molar-refractivity contribution is 7.93. The molecule has 13 heteroatoms. The molecule has 36 heavy (non-hydrogen) atoms. The van der Waals surface area contributed by atoms with Gasteiger partial charge in [-0.1, -0.05) is 17.7 Å². The lowest BCUT2D eigenvalue weighted by atomic mass is 10.2. The van der Waals surface area contributed by atoms with Gasteiger partial charge < -0.3 is 9.64 Å². The second kappa shape index (κ2) is 11.0. The lowest BCUT2D eigenvalue weighted by Crippen LogP contribution is -2.40. The minimum absolute atomic E-state index is 0.0160. The number of carbonyl (C=O) groups is 2. The molecule has 0 bridgehead atoms. The average molecular weight is 559 g/mol. The molecule has 1 amide bonds. The smallest absolute Gasteiger partial charge is 0.338 e. The molecule has 0 N–H and O–H groups in total. The van der Waals surface area contributed by atoms with Crippen LogP contribution in [0.25, 0.3) is 0 Å². The van der Waals surface area contributed by atoms with Crippen LogP contribution >= 0.6 is 11.6 Å². The van der Waals surface area contributed by atoms with Crippen LogP contribution < -0.4 is 4.31 Å². The number of sulfone groups is 1. The molecule has 1 aliphatic heterocycles. The van der Waals surface area contributed by atoms with Crippen LogP contribution in [0.2, 0.25) is 5.02 Å². The second-order valence-electron chi connectivity index (χ2n) is 8.08. The number of rotatable bonds is 9. The van der Waals surface area contributed by atoms with Crippen LogP contribution in [0.3, 0.4) is 0 Å². The third-order valence-corrected chi connectivity index (χ3v) is 9.65. The minimum atomic E-state index is -4.31. The Hall–Kier alpha value is -2.96. The highest BCUT2D eigenvalue weighted by atomic mass is 35.5. The zero-order valence-electron chi connectivity index (χ0n) is 19.3. The van der Waals surface area contributed by atoms with Crippen molar-refractivity contribution >= 4 is 49.0 Å². The number of carbonyl (C=O) groups excluding carboxylic acids is 2. The number of sulfonamides is 1. The molecule has 1 fully saturated rings. The fourth-order valence-electron chi connectivity index (χ4n) is 3.61. The Bertz CT molecular complexity index is 1380. The van der Waals surface area contributed by atoms with E-state index in [0.717, 1.165) is 22.5 Å². The van der Waals surface area contributed by atoms with E-state index in [1.165, 1.54) is 42.3 Å². The first-order chi connectivity index (χ1) is 16.9. The number of halogens is 2.